The standard InChI is InChI=1S/C13H11Cl2NO/c1-9(17)12-6-3-7-16(12)8-10-4-2-5-11(14)13(10)15/h2-7H,8H2,1H3. The molecule has 17 heavy (non-hydrogen) atoms. The third-order valence-electron chi connectivity index (χ3n) is 2.56. The highest BCUT2D eigenvalue weighted by Gasteiger charge is 2.09. The maximum Gasteiger partial charge on any atom is 0.176 e. The van der Waals surface area contributed by atoms with Crippen molar-refractivity contribution in [2.75, 3.05) is 0 Å². The monoisotopic (exact) mass is 267 g/mol. The predicted molar refractivity (Wildman–Crippen MR) is 70.0 cm³/mol. The summed E-state index contributed by atoms with van der Waals surface area (Å²) in [7, 11) is 0. The molecule has 0 unspecified atom stereocenters. The summed E-state index contributed by atoms with van der Waals surface area (Å²) in [6.45, 7) is 2.09. The van der Waals surface area contributed by atoms with E-state index >= 15 is 0 Å². The zero-order valence-corrected chi connectivity index (χ0v) is 10.8. The fraction of sp³-hybridized carbons (Fsp3) is 0.154. The van der Waals surface area contributed by atoms with E-state index in [1.165, 1.54) is 0 Å². The van der Waals surface area contributed by atoms with Crippen molar-refractivity contribution in [2.24, 2.45) is 0 Å². The topological polar surface area (TPSA) is 22.0 Å². The number of aromatic nitrogens is 1. The molecular formula is C13H11Cl2NO. The third kappa shape index (κ3) is 2.54. The molecule has 0 spiro atoms. The largest absolute Gasteiger partial charge is 0.341 e. The van der Waals surface area contributed by atoms with Gasteiger partial charge in [-0.15, -0.1) is 0 Å². The SMILES string of the molecule is CC(=O)c1cccn1Cc1cccc(Cl)c1Cl. The van der Waals surface area contributed by atoms with Gasteiger partial charge in [-0.05, 0) is 23.8 Å². The minimum Gasteiger partial charge on any atom is -0.341 e. The van der Waals surface area contributed by atoms with Crippen molar-refractivity contribution in [1.29, 1.82) is 0 Å². The molecule has 1 aromatic carbocycles. The van der Waals surface area contributed by atoms with E-state index in [0.717, 1.165) is 5.56 Å². The Hall–Kier alpha value is -1.25. The zero-order valence-electron chi connectivity index (χ0n) is 9.28. The number of hydrogen-bond donors (Lipinski definition) is 0. The molecule has 0 bridgehead atoms. The first-order chi connectivity index (χ1) is 8.09. The molecule has 0 saturated carbocycles. The molecule has 4 heteroatoms. The lowest BCUT2D eigenvalue weighted by Gasteiger charge is -2.09. The fourth-order valence-electron chi connectivity index (χ4n) is 1.73. The third-order valence-corrected chi connectivity index (χ3v) is 3.42. The Morgan fingerprint density at radius 1 is 1.24 bits per heavy atom. The van der Waals surface area contributed by atoms with Gasteiger partial charge < -0.3 is 4.57 Å². The quantitative estimate of drug-likeness (QED) is 0.770. The van der Waals surface area contributed by atoms with Gasteiger partial charge >= 0.3 is 0 Å². The van der Waals surface area contributed by atoms with Gasteiger partial charge in [-0.1, -0.05) is 35.3 Å². The fourth-order valence-corrected chi connectivity index (χ4v) is 2.11. The Morgan fingerprint density at radius 2 is 2.00 bits per heavy atom. The summed E-state index contributed by atoms with van der Waals surface area (Å²) in [4.78, 5) is 11.4. The Bertz CT molecular complexity index is 560. The lowest BCUT2D eigenvalue weighted by atomic mass is 10.2. The Kier molecular flexibility index (Phi) is 3.55. The van der Waals surface area contributed by atoms with Gasteiger partial charge in [-0.3, -0.25) is 4.79 Å². The van der Waals surface area contributed by atoms with Crippen LogP contribution in [0.1, 0.15) is 23.0 Å². The second-order valence-corrected chi connectivity index (χ2v) is 4.58. The smallest absolute Gasteiger partial charge is 0.176 e. The molecule has 88 valence electrons. The van der Waals surface area contributed by atoms with Crippen LogP contribution in [-0.2, 0) is 6.54 Å². The minimum absolute atomic E-state index is 0.0353. The van der Waals surface area contributed by atoms with Crippen LogP contribution < -0.4 is 0 Å². The number of Topliss-reactive ketones (excluding diaryl/α,β-unsaturated/α-hetero) is 1. The van der Waals surface area contributed by atoms with E-state index in [0.29, 0.717) is 22.3 Å². The number of halogens is 2. The normalized spacial score (nSPS) is 10.5. The average molecular weight is 268 g/mol. The second-order valence-electron chi connectivity index (χ2n) is 3.79. The van der Waals surface area contributed by atoms with Gasteiger partial charge in [0.1, 0.15) is 0 Å². The molecule has 2 rings (SSSR count). The lowest BCUT2D eigenvalue weighted by molar-refractivity contribution is 0.100. The molecule has 0 radical (unpaired) electrons. The van der Waals surface area contributed by atoms with E-state index in [1.807, 2.05) is 29.0 Å². The number of carbonyl (C=O) groups is 1. The minimum atomic E-state index is 0.0353. The van der Waals surface area contributed by atoms with Gasteiger partial charge in [0, 0.05) is 19.7 Å². The number of benzene rings is 1. The van der Waals surface area contributed by atoms with E-state index < -0.39 is 0 Å². The van der Waals surface area contributed by atoms with E-state index in [9.17, 15) is 4.79 Å². The van der Waals surface area contributed by atoms with Crippen molar-refractivity contribution in [3.05, 3.63) is 57.8 Å². The highest BCUT2D eigenvalue weighted by atomic mass is 35.5. The van der Waals surface area contributed by atoms with E-state index in [4.69, 9.17) is 23.2 Å². The van der Waals surface area contributed by atoms with E-state index in [2.05, 4.69) is 0 Å². The lowest BCUT2D eigenvalue weighted by Crippen LogP contribution is -2.07. The summed E-state index contributed by atoms with van der Waals surface area (Å²) in [5.74, 6) is 0.0353. The van der Waals surface area contributed by atoms with Gasteiger partial charge in [0.05, 0.1) is 15.7 Å². The van der Waals surface area contributed by atoms with Crippen molar-refractivity contribution in [3.63, 3.8) is 0 Å². The van der Waals surface area contributed by atoms with Gasteiger partial charge in [0.15, 0.2) is 5.78 Å². The van der Waals surface area contributed by atoms with Crippen molar-refractivity contribution in [1.82, 2.24) is 4.57 Å². The molecular weight excluding hydrogens is 257 g/mol. The van der Waals surface area contributed by atoms with Gasteiger partial charge in [-0.2, -0.15) is 0 Å². The van der Waals surface area contributed by atoms with E-state index in [-0.39, 0.29) is 5.78 Å². The predicted octanol–water partition coefficient (Wildman–Crippen LogP) is 4.05. The molecule has 1 aromatic heterocycles. The molecule has 0 saturated heterocycles. The van der Waals surface area contributed by atoms with Crippen LogP contribution in [0, 0.1) is 0 Å². The number of carbonyl (C=O) groups excluding carboxylic acids is 1. The summed E-state index contributed by atoms with van der Waals surface area (Å²) in [5.41, 5.74) is 1.57. The van der Waals surface area contributed by atoms with Crippen molar-refractivity contribution < 1.29 is 4.79 Å². The molecule has 0 N–H and O–H groups in total. The molecule has 0 amide bonds. The summed E-state index contributed by atoms with van der Waals surface area (Å²) in [6, 6.07) is 9.13. The summed E-state index contributed by atoms with van der Waals surface area (Å²) >= 11 is 12.1. The maximum absolute atomic E-state index is 11.4. The molecule has 0 fully saturated rings. The highest BCUT2D eigenvalue weighted by Crippen LogP contribution is 2.26. The first kappa shape index (κ1) is 12.2. The zero-order chi connectivity index (χ0) is 12.4. The van der Waals surface area contributed by atoms with Crippen LogP contribution in [0.2, 0.25) is 10.0 Å². The molecule has 0 atom stereocenters. The Balaban J connectivity index is 2.35. The molecule has 2 nitrogen and oxygen atoms in total. The average Bonchev–Trinajstić information content (AvgIpc) is 2.73. The number of nitrogens with zero attached hydrogens (tertiary/aromatic N) is 1. The Labute approximate surface area is 110 Å². The molecule has 2 aromatic rings. The number of ketones is 1. The molecule has 0 aliphatic heterocycles. The number of rotatable bonds is 3. The van der Waals surface area contributed by atoms with Crippen molar-refractivity contribution in [2.45, 2.75) is 13.5 Å². The van der Waals surface area contributed by atoms with Gasteiger partial charge in [-0.25, -0.2) is 0 Å². The van der Waals surface area contributed by atoms with Gasteiger partial charge in [0.25, 0.3) is 0 Å². The summed E-state index contributed by atoms with van der Waals surface area (Å²) in [5, 5.41) is 1.07. The van der Waals surface area contributed by atoms with Crippen LogP contribution in [0.3, 0.4) is 0 Å². The first-order valence-corrected chi connectivity index (χ1v) is 5.94. The van der Waals surface area contributed by atoms with Crippen LogP contribution in [-0.4, -0.2) is 10.4 Å². The van der Waals surface area contributed by atoms with Crippen LogP contribution in [0.5, 0.6) is 0 Å². The second kappa shape index (κ2) is 4.94. The van der Waals surface area contributed by atoms with Crippen molar-refractivity contribution >= 4 is 29.0 Å². The van der Waals surface area contributed by atoms with Crippen LogP contribution in [0.25, 0.3) is 0 Å². The van der Waals surface area contributed by atoms with Crippen LogP contribution >= 0.6 is 23.2 Å². The van der Waals surface area contributed by atoms with Crippen LogP contribution in [0.15, 0.2) is 36.5 Å². The number of hydrogen-bond acceptors (Lipinski definition) is 1. The van der Waals surface area contributed by atoms with E-state index in [1.54, 1.807) is 19.1 Å². The first-order valence-electron chi connectivity index (χ1n) is 5.18. The van der Waals surface area contributed by atoms with Crippen molar-refractivity contribution in [3.8, 4) is 0 Å². The molecule has 0 aliphatic rings. The highest BCUT2D eigenvalue weighted by molar-refractivity contribution is 6.42. The Morgan fingerprint density at radius 3 is 2.71 bits per heavy atom. The summed E-state index contributed by atoms with van der Waals surface area (Å²) in [6.07, 6.45) is 1.86. The summed E-state index contributed by atoms with van der Waals surface area (Å²) < 4.78 is 1.86. The molecule has 1 heterocycles. The molecule has 0 aliphatic carbocycles. The maximum atomic E-state index is 11.4. The van der Waals surface area contributed by atoms with Gasteiger partial charge in [0.2, 0.25) is 0 Å². The van der Waals surface area contributed by atoms with Crippen LogP contribution in [0.4, 0.5) is 0 Å².